The van der Waals surface area contributed by atoms with Gasteiger partial charge in [0, 0.05) is 34.1 Å². The summed E-state index contributed by atoms with van der Waals surface area (Å²) in [5.41, 5.74) is 1.48. The van der Waals surface area contributed by atoms with Crippen LogP contribution >= 0.6 is 46.4 Å². The number of benzene rings is 3. The Hall–Kier alpha value is -2.49. The third-order valence-corrected chi connectivity index (χ3v) is 9.44. The number of sulfonamides is 1. The Morgan fingerprint density at radius 2 is 1.52 bits per heavy atom. The SMILES string of the molecule is CS(=O)(=O)N(CC(=O)N(Cc1ccc(Cl)cc1Cl)[C@@H](Cc1ccccc1)C(=O)NC1CCCC1)c1ccc(Cl)cc1Cl. The van der Waals surface area contributed by atoms with E-state index in [2.05, 4.69) is 5.32 Å². The maximum absolute atomic E-state index is 14.2. The topological polar surface area (TPSA) is 86.8 Å². The van der Waals surface area contributed by atoms with E-state index in [-0.39, 0.29) is 35.6 Å². The summed E-state index contributed by atoms with van der Waals surface area (Å²) in [6.45, 7) is -0.663. The van der Waals surface area contributed by atoms with Crippen LogP contribution in [0, 0.1) is 0 Å². The van der Waals surface area contributed by atoms with Gasteiger partial charge in [-0.05, 0) is 54.3 Å². The van der Waals surface area contributed by atoms with Crippen molar-refractivity contribution in [2.24, 2.45) is 0 Å². The third kappa shape index (κ3) is 8.54. The number of carbonyl (C=O) groups is 2. The fourth-order valence-corrected chi connectivity index (χ4v) is 6.92. The second-order valence-electron chi connectivity index (χ2n) is 10.3. The number of nitrogens with one attached hydrogen (secondary N) is 1. The van der Waals surface area contributed by atoms with Gasteiger partial charge in [-0.2, -0.15) is 0 Å². The van der Waals surface area contributed by atoms with Crippen molar-refractivity contribution in [2.45, 2.75) is 50.7 Å². The van der Waals surface area contributed by atoms with E-state index < -0.39 is 28.5 Å². The van der Waals surface area contributed by atoms with Gasteiger partial charge in [0.05, 0.1) is 17.0 Å². The monoisotopic (exact) mass is 669 g/mol. The normalized spacial score (nSPS) is 14.4. The molecule has 224 valence electrons. The molecule has 1 atom stereocenters. The first-order chi connectivity index (χ1) is 19.9. The van der Waals surface area contributed by atoms with Gasteiger partial charge in [-0.15, -0.1) is 0 Å². The molecule has 0 aliphatic heterocycles. The van der Waals surface area contributed by atoms with E-state index in [0.29, 0.717) is 20.6 Å². The molecule has 42 heavy (non-hydrogen) atoms. The lowest BCUT2D eigenvalue weighted by molar-refractivity contribution is -0.140. The van der Waals surface area contributed by atoms with Gasteiger partial charge in [-0.3, -0.25) is 13.9 Å². The minimum atomic E-state index is -3.98. The van der Waals surface area contributed by atoms with Crippen molar-refractivity contribution < 1.29 is 18.0 Å². The summed E-state index contributed by atoms with van der Waals surface area (Å²) < 4.78 is 26.8. The lowest BCUT2D eigenvalue weighted by Crippen LogP contribution is -2.54. The largest absolute Gasteiger partial charge is 0.352 e. The first-order valence-corrected chi connectivity index (χ1v) is 16.8. The molecule has 1 aliphatic rings. The molecular weight excluding hydrogens is 640 g/mol. The number of amides is 2. The van der Waals surface area contributed by atoms with Gasteiger partial charge in [0.15, 0.2) is 0 Å². The number of rotatable bonds is 11. The number of carbonyl (C=O) groups excluding carboxylic acids is 2. The summed E-state index contributed by atoms with van der Waals surface area (Å²) in [5, 5.41) is 4.23. The van der Waals surface area contributed by atoms with Crippen LogP contribution in [0.5, 0.6) is 0 Å². The Morgan fingerprint density at radius 1 is 0.905 bits per heavy atom. The Balaban J connectivity index is 1.76. The molecule has 0 unspecified atom stereocenters. The van der Waals surface area contributed by atoms with E-state index in [1.165, 1.54) is 23.1 Å². The van der Waals surface area contributed by atoms with Crippen LogP contribution in [0.2, 0.25) is 20.1 Å². The van der Waals surface area contributed by atoms with Crippen LogP contribution in [0.15, 0.2) is 66.7 Å². The molecule has 1 saturated carbocycles. The maximum atomic E-state index is 14.2. The van der Waals surface area contributed by atoms with Crippen LogP contribution in [-0.2, 0) is 32.6 Å². The van der Waals surface area contributed by atoms with Crippen LogP contribution in [-0.4, -0.2) is 50.0 Å². The third-order valence-electron chi connectivity index (χ3n) is 7.19. The molecule has 0 radical (unpaired) electrons. The molecule has 0 aromatic heterocycles. The first kappa shape index (κ1) is 32.4. The van der Waals surface area contributed by atoms with Crippen molar-refractivity contribution in [3.8, 4) is 0 Å². The highest BCUT2D eigenvalue weighted by atomic mass is 35.5. The average Bonchev–Trinajstić information content (AvgIpc) is 3.43. The van der Waals surface area contributed by atoms with Crippen LogP contribution in [0.1, 0.15) is 36.8 Å². The van der Waals surface area contributed by atoms with Crippen molar-refractivity contribution in [1.29, 1.82) is 0 Å². The molecule has 3 aromatic carbocycles. The molecule has 12 heteroatoms. The van der Waals surface area contributed by atoms with Crippen LogP contribution in [0.3, 0.4) is 0 Å². The molecule has 0 bridgehead atoms. The number of hydrogen-bond acceptors (Lipinski definition) is 4. The smallest absolute Gasteiger partial charge is 0.244 e. The van der Waals surface area contributed by atoms with Crippen molar-refractivity contribution in [1.82, 2.24) is 10.2 Å². The number of halogens is 4. The minimum absolute atomic E-state index is 0.00670. The molecule has 3 aromatic rings. The molecule has 0 saturated heterocycles. The standard InChI is InChI=1S/C30H31Cl4N3O4S/c1-42(40,41)37(27-14-13-23(32)17-26(27)34)19-29(38)36(18-21-11-12-22(31)16-25(21)33)28(15-20-7-3-2-4-8-20)30(39)35-24-9-5-6-10-24/h2-4,7-8,11-14,16-17,24,28H,5-6,9-10,15,18-19H2,1H3,(H,35,39)/t28-/m0/s1. The second kappa shape index (κ2) is 14.3. The zero-order chi connectivity index (χ0) is 30.4. The molecule has 7 nitrogen and oxygen atoms in total. The first-order valence-electron chi connectivity index (χ1n) is 13.4. The van der Waals surface area contributed by atoms with Gasteiger partial charge >= 0.3 is 0 Å². The number of nitrogens with zero attached hydrogens (tertiary/aromatic N) is 2. The zero-order valence-electron chi connectivity index (χ0n) is 22.9. The molecule has 1 N–H and O–H groups in total. The molecule has 4 rings (SSSR count). The Bertz CT molecular complexity index is 1530. The molecule has 2 amide bonds. The maximum Gasteiger partial charge on any atom is 0.244 e. The molecule has 0 spiro atoms. The highest BCUT2D eigenvalue weighted by molar-refractivity contribution is 7.92. The zero-order valence-corrected chi connectivity index (χ0v) is 26.7. The summed E-state index contributed by atoms with van der Waals surface area (Å²) in [4.78, 5) is 29.5. The van der Waals surface area contributed by atoms with E-state index in [1.807, 2.05) is 30.3 Å². The van der Waals surface area contributed by atoms with E-state index >= 15 is 0 Å². The Morgan fingerprint density at radius 3 is 2.12 bits per heavy atom. The fraction of sp³-hybridized carbons (Fsp3) is 0.333. The van der Waals surface area contributed by atoms with Gasteiger partial charge in [0.2, 0.25) is 21.8 Å². The highest BCUT2D eigenvalue weighted by Gasteiger charge is 2.35. The molecular formula is C30H31Cl4N3O4S. The van der Waals surface area contributed by atoms with E-state index in [9.17, 15) is 18.0 Å². The summed E-state index contributed by atoms with van der Waals surface area (Å²) in [5.74, 6) is -0.931. The Labute approximate surface area is 266 Å². The predicted octanol–water partition coefficient (Wildman–Crippen LogP) is 6.77. The quantitative estimate of drug-likeness (QED) is 0.244. The van der Waals surface area contributed by atoms with Gasteiger partial charge in [0.1, 0.15) is 12.6 Å². The fourth-order valence-electron chi connectivity index (χ4n) is 5.03. The van der Waals surface area contributed by atoms with Gasteiger partial charge < -0.3 is 10.2 Å². The van der Waals surface area contributed by atoms with Crippen LogP contribution in [0.25, 0.3) is 0 Å². The van der Waals surface area contributed by atoms with Crippen molar-refractivity contribution >= 4 is 73.9 Å². The van der Waals surface area contributed by atoms with Crippen LogP contribution in [0.4, 0.5) is 5.69 Å². The van der Waals surface area contributed by atoms with E-state index in [4.69, 9.17) is 46.4 Å². The molecule has 1 aliphatic carbocycles. The number of hydrogen-bond donors (Lipinski definition) is 1. The molecule has 0 heterocycles. The van der Waals surface area contributed by atoms with Crippen molar-refractivity contribution in [3.63, 3.8) is 0 Å². The minimum Gasteiger partial charge on any atom is -0.352 e. The summed E-state index contributed by atoms with van der Waals surface area (Å²) >= 11 is 25.0. The summed E-state index contributed by atoms with van der Waals surface area (Å²) in [6.07, 6.45) is 4.94. The van der Waals surface area contributed by atoms with Crippen molar-refractivity contribution in [3.05, 3.63) is 97.9 Å². The predicted molar refractivity (Wildman–Crippen MR) is 170 cm³/mol. The second-order valence-corrected chi connectivity index (χ2v) is 13.9. The molecule has 1 fully saturated rings. The van der Waals surface area contributed by atoms with Crippen LogP contribution < -0.4 is 9.62 Å². The summed E-state index contributed by atoms with van der Waals surface area (Å²) in [6, 6.07) is 17.6. The average molecular weight is 671 g/mol. The van der Waals surface area contributed by atoms with Gasteiger partial charge in [-0.1, -0.05) is 95.6 Å². The lowest BCUT2D eigenvalue weighted by atomic mass is 10.0. The van der Waals surface area contributed by atoms with E-state index in [0.717, 1.165) is 41.8 Å². The highest BCUT2D eigenvalue weighted by Crippen LogP contribution is 2.31. The van der Waals surface area contributed by atoms with Gasteiger partial charge in [0.25, 0.3) is 0 Å². The van der Waals surface area contributed by atoms with E-state index in [1.54, 1.807) is 18.2 Å². The number of anilines is 1. The summed E-state index contributed by atoms with van der Waals surface area (Å²) in [7, 11) is -3.98. The Kier molecular flexibility index (Phi) is 11.1. The van der Waals surface area contributed by atoms with Crippen molar-refractivity contribution in [2.75, 3.05) is 17.1 Å². The lowest BCUT2D eigenvalue weighted by Gasteiger charge is -2.34. The van der Waals surface area contributed by atoms with Gasteiger partial charge in [-0.25, -0.2) is 8.42 Å².